The first-order valence-electron chi connectivity index (χ1n) is 13.6. The molecule has 0 radical (unpaired) electrons. The third kappa shape index (κ3) is 6.39. The maximum absolute atomic E-state index is 15.5. The standard InChI is InChI=1S/C31H27FN8O3/c1-19(41)35-22-3-5-23(6-4-22)36-31(42)37-24-7-9-25(27(32)15-24)29-38-28-14-20(21-16-33-18-34-17-21)2-8-26(28)30(39-29)40-10-12-43-13-11-40/h2-9,14-18H,10-13H2,1H3,(H,35,41)(H2,36,37,42). The molecule has 1 saturated heterocycles. The van der Waals surface area contributed by atoms with Crippen molar-refractivity contribution in [1.29, 1.82) is 0 Å². The number of anilines is 4. The van der Waals surface area contributed by atoms with E-state index in [-0.39, 0.29) is 23.0 Å². The summed E-state index contributed by atoms with van der Waals surface area (Å²) in [6.07, 6.45) is 4.92. The Morgan fingerprint density at radius 1 is 0.814 bits per heavy atom. The van der Waals surface area contributed by atoms with E-state index in [1.165, 1.54) is 19.3 Å². The number of rotatable bonds is 6. The minimum atomic E-state index is -0.586. The van der Waals surface area contributed by atoms with Crippen LogP contribution in [0.3, 0.4) is 0 Å². The van der Waals surface area contributed by atoms with Crippen LogP contribution in [-0.2, 0) is 9.53 Å². The number of ether oxygens (including phenoxy) is 1. The molecular weight excluding hydrogens is 551 g/mol. The maximum Gasteiger partial charge on any atom is 0.323 e. The summed E-state index contributed by atoms with van der Waals surface area (Å²) in [7, 11) is 0. The number of urea groups is 1. The van der Waals surface area contributed by atoms with Crippen molar-refractivity contribution in [1.82, 2.24) is 19.9 Å². The van der Waals surface area contributed by atoms with Crippen LogP contribution < -0.4 is 20.9 Å². The van der Waals surface area contributed by atoms with Gasteiger partial charge in [-0.1, -0.05) is 6.07 Å². The molecular formula is C31H27FN8O3. The lowest BCUT2D eigenvalue weighted by atomic mass is 10.1. The molecule has 1 fully saturated rings. The monoisotopic (exact) mass is 578 g/mol. The number of carbonyl (C=O) groups is 2. The van der Waals surface area contributed by atoms with Gasteiger partial charge in [-0.2, -0.15) is 0 Å². The van der Waals surface area contributed by atoms with E-state index in [0.717, 1.165) is 16.5 Å². The zero-order chi connectivity index (χ0) is 29.8. The van der Waals surface area contributed by atoms with E-state index < -0.39 is 11.8 Å². The summed E-state index contributed by atoms with van der Waals surface area (Å²) >= 11 is 0. The fourth-order valence-corrected chi connectivity index (χ4v) is 4.79. The van der Waals surface area contributed by atoms with Gasteiger partial charge in [0.1, 0.15) is 18.0 Å². The van der Waals surface area contributed by atoms with Crippen LogP contribution in [0.2, 0.25) is 0 Å². The van der Waals surface area contributed by atoms with Gasteiger partial charge in [-0.25, -0.2) is 29.1 Å². The van der Waals surface area contributed by atoms with Gasteiger partial charge in [0.05, 0.1) is 24.3 Å². The molecule has 5 aromatic rings. The van der Waals surface area contributed by atoms with Crippen LogP contribution >= 0.6 is 0 Å². The van der Waals surface area contributed by atoms with Crippen molar-refractivity contribution in [3.05, 3.63) is 85.2 Å². The molecule has 43 heavy (non-hydrogen) atoms. The molecule has 2 aromatic heterocycles. The highest BCUT2D eigenvalue weighted by atomic mass is 19.1. The summed E-state index contributed by atoms with van der Waals surface area (Å²) in [5, 5.41) is 8.82. The molecule has 11 nitrogen and oxygen atoms in total. The van der Waals surface area contributed by atoms with Gasteiger partial charge in [0.2, 0.25) is 5.91 Å². The van der Waals surface area contributed by atoms with Crippen LogP contribution in [0.5, 0.6) is 0 Å². The number of benzene rings is 3. The second-order valence-electron chi connectivity index (χ2n) is 9.86. The lowest BCUT2D eigenvalue weighted by molar-refractivity contribution is -0.114. The van der Waals surface area contributed by atoms with Gasteiger partial charge >= 0.3 is 6.03 Å². The van der Waals surface area contributed by atoms with Gasteiger partial charge in [-0.15, -0.1) is 0 Å². The smallest absolute Gasteiger partial charge is 0.323 e. The fraction of sp³-hybridized carbons (Fsp3) is 0.161. The van der Waals surface area contributed by atoms with Crippen LogP contribution in [0.4, 0.5) is 32.1 Å². The average molecular weight is 579 g/mol. The topological polar surface area (TPSA) is 134 Å². The van der Waals surface area contributed by atoms with Gasteiger partial charge in [0.15, 0.2) is 5.82 Å². The highest BCUT2D eigenvalue weighted by Crippen LogP contribution is 2.32. The summed E-state index contributed by atoms with van der Waals surface area (Å²) in [6.45, 7) is 3.84. The lowest BCUT2D eigenvalue weighted by Crippen LogP contribution is -2.37. The van der Waals surface area contributed by atoms with E-state index in [0.29, 0.717) is 49.0 Å². The highest BCUT2D eigenvalue weighted by molar-refractivity contribution is 6.00. The number of halogens is 1. The molecule has 0 bridgehead atoms. The Bertz CT molecular complexity index is 1800. The highest BCUT2D eigenvalue weighted by Gasteiger charge is 2.20. The van der Waals surface area contributed by atoms with Crippen LogP contribution in [0.15, 0.2) is 79.4 Å². The van der Waals surface area contributed by atoms with E-state index in [4.69, 9.17) is 14.7 Å². The zero-order valence-corrected chi connectivity index (χ0v) is 23.2. The third-order valence-corrected chi connectivity index (χ3v) is 6.81. The van der Waals surface area contributed by atoms with Gasteiger partial charge in [0, 0.05) is 60.4 Å². The first-order valence-corrected chi connectivity index (χ1v) is 13.6. The van der Waals surface area contributed by atoms with Crippen molar-refractivity contribution < 1.29 is 18.7 Å². The number of amides is 3. The molecule has 1 aliphatic rings. The average Bonchev–Trinajstić information content (AvgIpc) is 3.02. The molecule has 0 atom stereocenters. The normalized spacial score (nSPS) is 13.0. The molecule has 0 unspecified atom stereocenters. The van der Waals surface area contributed by atoms with E-state index in [9.17, 15) is 9.59 Å². The van der Waals surface area contributed by atoms with Gasteiger partial charge < -0.3 is 25.6 Å². The Hall–Kier alpha value is -5.49. The van der Waals surface area contributed by atoms with Crippen molar-refractivity contribution >= 4 is 45.7 Å². The molecule has 0 aliphatic carbocycles. The Morgan fingerprint density at radius 3 is 2.19 bits per heavy atom. The Balaban J connectivity index is 1.27. The molecule has 3 N–H and O–H groups in total. The molecule has 3 amide bonds. The zero-order valence-electron chi connectivity index (χ0n) is 23.2. The molecule has 0 spiro atoms. The first-order chi connectivity index (χ1) is 20.9. The van der Waals surface area contributed by atoms with Crippen LogP contribution in [0.25, 0.3) is 33.4 Å². The van der Waals surface area contributed by atoms with Gasteiger partial charge in [0.25, 0.3) is 0 Å². The quantitative estimate of drug-likeness (QED) is 0.246. The van der Waals surface area contributed by atoms with Crippen molar-refractivity contribution in [3.8, 4) is 22.5 Å². The second kappa shape index (κ2) is 12.2. The summed E-state index contributed by atoms with van der Waals surface area (Å²) in [6, 6.07) is 16.3. The Morgan fingerprint density at radius 2 is 1.49 bits per heavy atom. The van der Waals surface area contributed by atoms with Crippen LogP contribution in [0, 0.1) is 5.82 Å². The number of nitrogens with one attached hydrogen (secondary N) is 3. The van der Waals surface area contributed by atoms with Crippen molar-refractivity contribution in [2.45, 2.75) is 6.92 Å². The summed E-state index contributed by atoms with van der Waals surface area (Å²) < 4.78 is 21.1. The third-order valence-electron chi connectivity index (χ3n) is 6.81. The van der Waals surface area contributed by atoms with Gasteiger partial charge in [-0.3, -0.25) is 4.79 Å². The number of hydrogen-bond donors (Lipinski definition) is 3. The molecule has 216 valence electrons. The first kappa shape index (κ1) is 27.7. The van der Waals surface area contributed by atoms with Crippen molar-refractivity contribution in [2.24, 2.45) is 0 Å². The van der Waals surface area contributed by atoms with Crippen molar-refractivity contribution in [3.63, 3.8) is 0 Å². The molecule has 3 aromatic carbocycles. The Labute approximate surface area is 246 Å². The summed E-state index contributed by atoms with van der Waals surface area (Å²) in [4.78, 5) is 43.6. The largest absolute Gasteiger partial charge is 0.378 e. The number of aromatic nitrogens is 4. The molecule has 1 aliphatic heterocycles. The molecule has 6 rings (SSSR count). The number of fused-ring (bicyclic) bond motifs is 1. The van der Waals surface area contributed by atoms with Crippen LogP contribution in [0.1, 0.15) is 6.92 Å². The Kier molecular flexibility index (Phi) is 7.83. The van der Waals surface area contributed by atoms with E-state index in [1.807, 2.05) is 18.2 Å². The van der Waals surface area contributed by atoms with E-state index in [1.54, 1.807) is 48.8 Å². The number of nitrogens with zero attached hydrogens (tertiary/aromatic N) is 5. The van der Waals surface area contributed by atoms with Gasteiger partial charge in [-0.05, 0) is 60.2 Å². The predicted octanol–water partition coefficient (Wildman–Crippen LogP) is 5.33. The summed E-state index contributed by atoms with van der Waals surface area (Å²) in [5.74, 6) is 0.146. The number of morpholine rings is 1. The minimum absolute atomic E-state index is 0.192. The maximum atomic E-state index is 15.5. The summed E-state index contributed by atoms with van der Waals surface area (Å²) in [5.41, 5.74) is 3.93. The minimum Gasteiger partial charge on any atom is -0.378 e. The number of hydrogen-bond acceptors (Lipinski definition) is 8. The molecule has 12 heteroatoms. The number of carbonyl (C=O) groups excluding carboxylic acids is 2. The van der Waals surface area contributed by atoms with E-state index in [2.05, 4.69) is 30.8 Å². The van der Waals surface area contributed by atoms with Crippen molar-refractivity contribution in [2.75, 3.05) is 47.2 Å². The fourth-order valence-electron chi connectivity index (χ4n) is 4.79. The van der Waals surface area contributed by atoms with E-state index >= 15 is 4.39 Å². The second-order valence-corrected chi connectivity index (χ2v) is 9.86. The molecule has 3 heterocycles. The molecule has 0 saturated carbocycles. The lowest BCUT2D eigenvalue weighted by Gasteiger charge is -2.29. The predicted molar refractivity (Wildman–Crippen MR) is 162 cm³/mol. The SMILES string of the molecule is CC(=O)Nc1ccc(NC(=O)Nc2ccc(-c3nc(N4CCOCC4)c4ccc(-c5cncnc5)cc4n3)c(F)c2)cc1. The van der Waals surface area contributed by atoms with Crippen LogP contribution in [-0.4, -0.2) is 58.2 Å².